The van der Waals surface area contributed by atoms with Crippen LogP contribution in [0.25, 0.3) is 11.3 Å². The van der Waals surface area contributed by atoms with E-state index in [1.54, 1.807) is 18.2 Å². The summed E-state index contributed by atoms with van der Waals surface area (Å²) in [5.41, 5.74) is 0.308. The van der Waals surface area contributed by atoms with Gasteiger partial charge in [0.25, 0.3) is 0 Å². The SMILES string of the molecule is O=C(CCc1ncc(-c2ccccc2F)o1)Nc1cc(F)cc(F)c1. The maximum absolute atomic E-state index is 13.7. The first kappa shape index (κ1) is 16.8. The zero-order valence-corrected chi connectivity index (χ0v) is 12.9. The van der Waals surface area contributed by atoms with Crippen LogP contribution in [0, 0.1) is 17.5 Å². The fourth-order valence-corrected chi connectivity index (χ4v) is 2.28. The van der Waals surface area contributed by atoms with Gasteiger partial charge < -0.3 is 9.73 Å². The van der Waals surface area contributed by atoms with Crippen LogP contribution in [0.5, 0.6) is 0 Å². The normalized spacial score (nSPS) is 10.7. The first-order valence-electron chi connectivity index (χ1n) is 7.47. The average molecular weight is 346 g/mol. The van der Waals surface area contributed by atoms with Crippen LogP contribution in [0.3, 0.4) is 0 Å². The highest BCUT2D eigenvalue weighted by atomic mass is 19.1. The standard InChI is InChI=1S/C18H13F3N2O2/c19-11-7-12(20)9-13(8-11)23-17(24)5-6-18-22-10-16(25-18)14-3-1-2-4-15(14)21/h1-4,7-10H,5-6H2,(H,23,24). The van der Waals surface area contributed by atoms with E-state index in [1.807, 2.05) is 0 Å². The molecule has 0 bridgehead atoms. The molecule has 0 fully saturated rings. The number of aryl methyl sites for hydroxylation is 1. The number of anilines is 1. The van der Waals surface area contributed by atoms with Gasteiger partial charge in [-0.1, -0.05) is 12.1 Å². The fraction of sp³-hybridized carbons (Fsp3) is 0.111. The molecule has 7 heteroatoms. The van der Waals surface area contributed by atoms with Gasteiger partial charge in [-0.25, -0.2) is 18.2 Å². The maximum Gasteiger partial charge on any atom is 0.224 e. The summed E-state index contributed by atoms with van der Waals surface area (Å²) in [7, 11) is 0. The average Bonchev–Trinajstić information content (AvgIpc) is 3.01. The van der Waals surface area contributed by atoms with Crippen LogP contribution in [0.4, 0.5) is 18.9 Å². The first-order chi connectivity index (χ1) is 12.0. The zero-order valence-electron chi connectivity index (χ0n) is 12.9. The number of hydrogen-bond donors (Lipinski definition) is 1. The highest BCUT2D eigenvalue weighted by Crippen LogP contribution is 2.23. The predicted octanol–water partition coefficient (Wildman–Crippen LogP) is 4.33. The third-order valence-corrected chi connectivity index (χ3v) is 3.41. The molecule has 1 amide bonds. The van der Waals surface area contributed by atoms with Crippen LogP contribution < -0.4 is 5.32 Å². The summed E-state index contributed by atoms with van der Waals surface area (Å²) >= 11 is 0. The minimum Gasteiger partial charge on any atom is -0.441 e. The van der Waals surface area contributed by atoms with Gasteiger partial charge in [-0.05, 0) is 24.3 Å². The summed E-state index contributed by atoms with van der Waals surface area (Å²) < 4.78 is 45.3. The van der Waals surface area contributed by atoms with Crippen molar-refractivity contribution in [3.05, 3.63) is 72.0 Å². The number of halogens is 3. The van der Waals surface area contributed by atoms with Crippen molar-refractivity contribution >= 4 is 11.6 Å². The molecule has 1 heterocycles. The van der Waals surface area contributed by atoms with Crippen molar-refractivity contribution in [3.63, 3.8) is 0 Å². The summed E-state index contributed by atoms with van der Waals surface area (Å²) in [6.45, 7) is 0. The summed E-state index contributed by atoms with van der Waals surface area (Å²) in [6, 6.07) is 8.85. The second-order valence-electron chi connectivity index (χ2n) is 5.30. The Hall–Kier alpha value is -3.09. The van der Waals surface area contributed by atoms with Gasteiger partial charge in [-0.15, -0.1) is 0 Å². The Morgan fingerprint density at radius 1 is 1.08 bits per heavy atom. The number of hydrogen-bond acceptors (Lipinski definition) is 3. The van der Waals surface area contributed by atoms with Crippen molar-refractivity contribution in [2.45, 2.75) is 12.8 Å². The second kappa shape index (κ2) is 7.21. The number of rotatable bonds is 5. The van der Waals surface area contributed by atoms with E-state index in [2.05, 4.69) is 10.3 Å². The molecule has 2 aromatic carbocycles. The van der Waals surface area contributed by atoms with Gasteiger partial charge in [0.05, 0.1) is 11.8 Å². The molecule has 1 N–H and O–H groups in total. The third-order valence-electron chi connectivity index (χ3n) is 3.41. The molecule has 0 aliphatic carbocycles. The van der Waals surface area contributed by atoms with Gasteiger partial charge >= 0.3 is 0 Å². The van der Waals surface area contributed by atoms with E-state index in [0.717, 1.165) is 12.1 Å². The quantitative estimate of drug-likeness (QED) is 0.748. The van der Waals surface area contributed by atoms with Gasteiger partial charge in [0.15, 0.2) is 11.7 Å². The summed E-state index contributed by atoms with van der Waals surface area (Å²) in [5, 5.41) is 2.39. The Morgan fingerprint density at radius 2 is 1.80 bits per heavy atom. The maximum atomic E-state index is 13.7. The van der Waals surface area contributed by atoms with E-state index in [1.165, 1.54) is 12.3 Å². The summed E-state index contributed by atoms with van der Waals surface area (Å²) in [6.07, 6.45) is 1.54. The Labute approximate surface area is 141 Å². The van der Waals surface area contributed by atoms with Gasteiger partial charge in [-0.2, -0.15) is 0 Å². The van der Waals surface area contributed by atoms with Crippen LogP contribution in [-0.4, -0.2) is 10.9 Å². The highest BCUT2D eigenvalue weighted by molar-refractivity contribution is 5.90. The van der Waals surface area contributed by atoms with Crippen molar-refractivity contribution in [2.24, 2.45) is 0 Å². The minimum atomic E-state index is -0.780. The molecule has 0 saturated carbocycles. The molecule has 0 unspecified atom stereocenters. The van der Waals surface area contributed by atoms with Gasteiger partial charge in [-0.3, -0.25) is 4.79 Å². The number of benzene rings is 2. The molecule has 0 spiro atoms. The molecule has 0 saturated heterocycles. The fourth-order valence-electron chi connectivity index (χ4n) is 2.28. The number of aromatic nitrogens is 1. The van der Waals surface area contributed by atoms with Crippen LogP contribution in [0.1, 0.15) is 12.3 Å². The smallest absolute Gasteiger partial charge is 0.224 e. The predicted molar refractivity (Wildman–Crippen MR) is 85.2 cm³/mol. The number of nitrogens with zero attached hydrogens (tertiary/aromatic N) is 1. The monoisotopic (exact) mass is 346 g/mol. The molecule has 4 nitrogen and oxygen atoms in total. The highest BCUT2D eigenvalue weighted by Gasteiger charge is 2.12. The van der Waals surface area contributed by atoms with E-state index in [9.17, 15) is 18.0 Å². The van der Waals surface area contributed by atoms with E-state index >= 15 is 0 Å². The molecule has 0 atom stereocenters. The Kier molecular flexibility index (Phi) is 4.83. The lowest BCUT2D eigenvalue weighted by Crippen LogP contribution is -2.12. The molecule has 0 radical (unpaired) electrons. The zero-order chi connectivity index (χ0) is 17.8. The lowest BCUT2D eigenvalue weighted by molar-refractivity contribution is -0.116. The number of carbonyl (C=O) groups is 1. The second-order valence-corrected chi connectivity index (χ2v) is 5.30. The van der Waals surface area contributed by atoms with Crippen molar-refractivity contribution in [3.8, 4) is 11.3 Å². The van der Waals surface area contributed by atoms with Gasteiger partial charge in [0, 0.05) is 24.6 Å². The molecule has 25 heavy (non-hydrogen) atoms. The molecular formula is C18H13F3N2O2. The Morgan fingerprint density at radius 3 is 2.52 bits per heavy atom. The first-order valence-corrected chi connectivity index (χ1v) is 7.47. The van der Waals surface area contributed by atoms with Crippen LogP contribution in [0.15, 0.2) is 53.1 Å². The summed E-state index contributed by atoms with van der Waals surface area (Å²) in [5.74, 6) is -1.92. The van der Waals surface area contributed by atoms with Crippen molar-refractivity contribution in [1.29, 1.82) is 0 Å². The lowest BCUT2D eigenvalue weighted by Gasteiger charge is -2.04. The molecular weight excluding hydrogens is 333 g/mol. The van der Waals surface area contributed by atoms with Gasteiger partial charge in [0.2, 0.25) is 5.91 Å². The van der Waals surface area contributed by atoms with Crippen LogP contribution in [0.2, 0.25) is 0 Å². The van der Waals surface area contributed by atoms with Crippen LogP contribution >= 0.6 is 0 Å². The Bertz CT molecular complexity index is 889. The van der Waals surface area contributed by atoms with Crippen molar-refractivity contribution in [2.75, 3.05) is 5.32 Å². The number of nitrogens with one attached hydrogen (secondary N) is 1. The van der Waals surface area contributed by atoms with Crippen molar-refractivity contribution < 1.29 is 22.4 Å². The van der Waals surface area contributed by atoms with Crippen LogP contribution in [-0.2, 0) is 11.2 Å². The van der Waals surface area contributed by atoms with E-state index in [0.29, 0.717) is 6.07 Å². The van der Waals surface area contributed by atoms with Gasteiger partial charge in [0.1, 0.15) is 17.5 Å². The molecule has 0 aliphatic heterocycles. The Balaban J connectivity index is 1.60. The van der Waals surface area contributed by atoms with E-state index in [4.69, 9.17) is 4.42 Å². The summed E-state index contributed by atoms with van der Waals surface area (Å²) in [4.78, 5) is 15.9. The van der Waals surface area contributed by atoms with E-state index in [-0.39, 0.29) is 35.7 Å². The molecule has 128 valence electrons. The molecule has 0 aliphatic rings. The largest absolute Gasteiger partial charge is 0.441 e. The van der Waals surface area contributed by atoms with Crippen molar-refractivity contribution in [1.82, 2.24) is 4.98 Å². The van der Waals surface area contributed by atoms with E-state index < -0.39 is 23.4 Å². The third kappa shape index (κ3) is 4.26. The lowest BCUT2D eigenvalue weighted by atomic mass is 10.2. The number of amides is 1. The molecule has 3 aromatic rings. The minimum absolute atomic E-state index is 0.00461. The topological polar surface area (TPSA) is 55.1 Å². The molecule has 1 aromatic heterocycles. The number of oxazole rings is 1. The molecule has 3 rings (SSSR count). The number of carbonyl (C=O) groups excluding carboxylic acids is 1.